The molecule has 28 heavy (non-hydrogen) atoms. The van der Waals surface area contributed by atoms with Gasteiger partial charge in [0.05, 0.1) is 31.8 Å². The number of ether oxygens (including phenoxy) is 2. The molecular weight excluding hydrogens is 406 g/mol. The number of nitrogens with one attached hydrogen (secondary N) is 2. The Bertz CT molecular complexity index is 1090. The summed E-state index contributed by atoms with van der Waals surface area (Å²) >= 11 is 2.32. The average molecular weight is 423 g/mol. The normalized spacial score (nSPS) is 11.0. The first-order valence-corrected chi connectivity index (χ1v) is 10.0. The van der Waals surface area contributed by atoms with Crippen LogP contribution in [0.5, 0.6) is 0 Å². The molecule has 0 spiro atoms. The molecule has 148 valence electrons. The molecule has 0 saturated heterocycles. The molecule has 0 aliphatic heterocycles. The second-order valence-electron chi connectivity index (χ2n) is 5.55. The molecule has 0 saturated carbocycles. The molecule has 0 radical (unpaired) electrons. The van der Waals surface area contributed by atoms with Gasteiger partial charge in [-0.05, 0) is 0 Å². The number of thiophene rings is 1. The van der Waals surface area contributed by atoms with Crippen molar-refractivity contribution in [2.24, 2.45) is 0 Å². The van der Waals surface area contributed by atoms with Crippen molar-refractivity contribution in [1.29, 1.82) is 0 Å². The SMILES string of the molecule is CCc1nc(SCc2nc3sc(C(=O)OC)c(CC(=O)OC)c3c(=O)[nH]2)n[nH]1. The van der Waals surface area contributed by atoms with Crippen molar-refractivity contribution in [3.05, 3.63) is 32.4 Å². The van der Waals surface area contributed by atoms with Crippen molar-refractivity contribution >= 4 is 45.3 Å². The van der Waals surface area contributed by atoms with Gasteiger partial charge in [0, 0.05) is 12.0 Å². The molecular formula is C16H17N5O5S2. The number of methoxy groups -OCH3 is 2. The lowest BCUT2D eigenvalue weighted by Gasteiger charge is -2.02. The van der Waals surface area contributed by atoms with Gasteiger partial charge in [-0.3, -0.25) is 14.7 Å². The Kier molecular flexibility index (Phi) is 6.09. The quantitative estimate of drug-likeness (QED) is 0.427. The number of carbonyl (C=O) groups is 2. The van der Waals surface area contributed by atoms with Crippen molar-refractivity contribution in [2.75, 3.05) is 14.2 Å². The maximum Gasteiger partial charge on any atom is 0.348 e. The predicted octanol–water partition coefficient (Wildman–Crippen LogP) is 1.46. The van der Waals surface area contributed by atoms with Crippen LogP contribution in [0.2, 0.25) is 0 Å². The third-order valence-corrected chi connectivity index (χ3v) is 5.78. The summed E-state index contributed by atoms with van der Waals surface area (Å²) in [5.74, 6) is 0.315. The number of hydrogen-bond donors (Lipinski definition) is 2. The fourth-order valence-electron chi connectivity index (χ4n) is 2.45. The molecule has 12 heteroatoms. The highest BCUT2D eigenvalue weighted by Crippen LogP contribution is 2.29. The van der Waals surface area contributed by atoms with E-state index in [-0.39, 0.29) is 22.2 Å². The van der Waals surface area contributed by atoms with Crippen molar-refractivity contribution in [1.82, 2.24) is 25.1 Å². The molecule has 0 aromatic carbocycles. The number of carbonyl (C=O) groups excluding carboxylic acids is 2. The minimum atomic E-state index is -0.634. The Morgan fingerprint density at radius 3 is 2.61 bits per heavy atom. The van der Waals surface area contributed by atoms with Crippen molar-refractivity contribution < 1.29 is 19.1 Å². The number of nitrogens with zero attached hydrogens (tertiary/aromatic N) is 3. The monoisotopic (exact) mass is 423 g/mol. The van der Waals surface area contributed by atoms with Gasteiger partial charge in [-0.15, -0.1) is 16.4 Å². The van der Waals surface area contributed by atoms with E-state index in [4.69, 9.17) is 4.74 Å². The second kappa shape index (κ2) is 8.52. The van der Waals surface area contributed by atoms with E-state index < -0.39 is 17.5 Å². The van der Waals surface area contributed by atoms with E-state index in [0.29, 0.717) is 21.6 Å². The Labute approximate surface area is 167 Å². The van der Waals surface area contributed by atoms with Gasteiger partial charge in [0.15, 0.2) is 0 Å². The van der Waals surface area contributed by atoms with Crippen LogP contribution in [-0.2, 0) is 32.9 Å². The van der Waals surface area contributed by atoms with Gasteiger partial charge in [-0.1, -0.05) is 18.7 Å². The van der Waals surface area contributed by atoms with Crippen LogP contribution in [0.4, 0.5) is 0 Å². The average Bonchev–Trinajstić information content (AvgIpc) is 3.30. The van der Waals surface area contributed by atoms with Crippen LogP contribution in [0.3, 0.4) is 0 Å². The third-order valence-electron chi connectivity index (χ3n) is 3.81. The zero-order valence-corrected chi connectivity index (χ0v) is 17.0. The summed E-state index contributed by atoms with van der Waals surface area (Å²) in [5, 5.41) is 7.64. The minimum absolute atomic E-state index is 0.159. The molecule has 0 unspecified atom stereocenters. The molecule has 0 aliphatic carbocycles. The maximum absolute atomic E-state index is 12.6. The second-order valence-corrected chi connectivity index (χ2v) is 7.50. The fraction of sp³-hybridized carbons (Fsp3) is 0.375. The Morgan fingerprint density at radius 2 is 1.96 bits per heavy atom. The lowest BCUT2D eigenvalue weighted by molar-refractivity contribution is -0.139. The van der Waals surface area contributed by atoms with E-state index in [9.17, 15) is 14.4 Å². The summed E-state index contributed by atoms with van der Waals surface area (Å²) in [6, 6.07) is 0. The zero-order valence-electron chi connectivity index (χ0n) is 15.3. The summed E-state index contributed by atoms with van der Waals surface area (Å²) in [6.45, 7) is 1.96. The van der Waals surface area contributed by atoms with Crippen LogP contribution in [-0.4, -0.2) is 51.3 Å². The molecule has 10 nitrogen and oxygen atoms in total. The van der Waals surface area contributed by atoms with Gasteiger partial charge < -0.3 is 14.5 Å². The standard InChI is InChI=1S/C16H17N5O5S2/c1-4-8-19-16(21-20-8)27-6-9-17-13(23)11-7(5-10(22)25-2)12(15(24)26-3)28-14(11)18-9/h4-6H2,1-3H3,(H,17,18,23)(H,19,20,21). The number of rotatable bonds is 7. The van der Waals surface area contributed by atoms with E-state index in [1.807, 2.05) is 6.92 Å². The van der Waals surface area contributed by atoms with Gasteiger partial charge in [-0.25, -0.2) is 14.8 Å². The van der Waals surface area contributed by atoms with Crippen LogP contribution in [0.15, 0.2) is 9.95 Å². The molecule has 3 heterocycles. The summed E-state index contributed by atoms with van der Waals surface area (Å²) in [6.07, 6.45) is 0.514. The smallest absolute Gasteiger partial charge is 0.348 e. The largest absolute Gasteiger partial charge is 0.469 e. The van der Waals surface area contributed by atoms with Crippen LogP contribution in [0, 0.1) is 0 Å². The van der Waals surface area contributed by atoms with Gasteiger partial charge in [0.2, 0.25) is 5.16 Å². The molecule has 0 atom stereocenters. The lowest BCUT2D eigenvalue weighted by Crippen LogP contribution is -2.15. The molecule has 3 aromatic rings. The highest BCUT2D eigenvalue weighted by atomic mass is 32.2. The maximum atomic E-state index is 12.6. The molecule has 3 aromatic heterocycles. The summed E-state index contributed by atoms with van der Waals surface area (Å²) in [7, 11) is 2.47. The molecule has 0 amide bonds. The number of esters is 2. The first-order chi connectivity index (χ1) is 13.5. The number of aryl methyl sites for hydroxylation is 1. The topological polar surface area (TPSA) is 140 Å². The first-order valence-electron chi connectivity index (χ1n) is 8.20. The number of aromatic amines is 2. The third kappa shape index (κ3) is 4.07. The Morgan fingerprint density at radius 1 is 1.18 bits per heavy atom. The lowest BCUT2D eigenvalue weighted by atomic mass is 10.1. The summed E-state index contributed by atoms with van der Waals surface area (Å²) in [4.78, 5) is 48.4. The van der Waals surface area contributed by atoms with Crippen molar-refractivity contribution in [2.45, 2.75) is 30.7 Å². The number of thioether (sulfide) groups is 1. The summed E-state index contributed by atoms with van der Waals surface area (Å²) in [5.41, 5.74) is -0.177. The fourth-order valence-corrected chi connectivity index (χ4v) is 4.27. The van der Waals surface area contributed by atoms with E-state index in [1.54, 1.807) is 0 Å². The van der Waals surface area contributed by atoms with Gasteiger partial charge in [0.1, 0.15) is 21.4 Å². The number of aromatic nitrogens is 5. The van der Waals surface area contributed by atoms with Crippen LogP contribution in [0.25, 0.3) is 10.2 Å². The highest BCUT2D eigenvalue weighted by Gasteiger charge is 2.24. The molecule has 2 N–H and O–H groups in total. The number of H-pyrrole nitrogens is 2. The predicted molar refractivity (Wildman–Crippen MR) is 103 cm³/mol. The van der Waals surface area contributed by atoms with Crippen LogP contribution < -0.4 is 5.56 Å². The van der Waals surface area contributed by atoms with Crippen LogP contribution in [0.1, 0.15) is 33.8 Å². The Balaban J connectivity index is 1.96. The molecule has 3 rings (SSSR count). The van der Waals surface area contributed by atoms with Crippen molar-refractivity contribution in [3.8, 4) is 0 Å². The van der Waals surface area contributed by atoms with E-state index in [2.05, 4.69) is 29.9 Å². The first kappa shape index (κ1) is 20.0. The minimum Gasteiger partial charge on any atom is -0.469 e. The van der Waals surface area contributed by atoms with Gasteiger partial charge >= 0.3 is 11.9 Å². The molecule has 0 bridgehead atoms. The van der Waals surface area contributed by atoms with E-state index >= 15 is 0 Å². The van der Waals surface area contributed by atoms with Crippen molar-refractivity contribution in [3.63, 3.8) is 0 Å². The van der Waals surface area contributed by atoms with Gasteiger partial charge in [-0.2, -0.15) is 0 Å². The van der Waals surface area contributed by atoms with E-state index in [0.717, 1.165) is 23.6 Å². The Hall–Kier alpha value is -2.73. The molecule has 0 aliphatic rings. The van der Waals surface area contributed by atoms with E-state index in [1.165, 1.54) is 26.0 Å². The van der Waals surface area contributed by atoms with Crippen LogP contribution >= 0.6 is 23.1 Å². The number of fused-ring (bicyclic) bond motifs is 1. The molecule has 0 fully saturated rings. The summed E-state index contributed by atoms with van der Waals surface area (Å²) < 4.78 is 9.43. The highest BCUT2D eigenvalue weighted by molar-refractivity contribution is 7.98. The number of hydrogen-bond acceptors (Lipinski definition) is 10. The van der Waals surface area contributed by atoms with Gasteiger partial charge in [0.25, 0.3) is 5.56 Å². The zero-order chi connectivity index (χ0) is 20.3.